The Labute approximate surface area is 131 Å². The second-order valence-electron chi connectivity index (χ2n) is 6.56. The third-order valence-electron chi connectivity index (χ3n) is 4.42. The average molecular weight is 300 g/mol. The lowest BCUT2D eigenvalue weighted by molar-refractivity contribution is 0.426. The second kappa shape index (κ2) is 5.35. The maximum absolute atomic E-state index is 4.64. The van der Waals surface area contributed by atoms with Gasteiger partial charge in [-0.05, 0) is 52.3 Å². The van der Waals surface area contributed by atoms with Crippen LogP contribution in [0.3, 0.4) is 0 Å². The smallest absolute Gasteiger partial charge is 0.227 e. The van der Waals surface area contributed by atoms with Crippen LogP contribution in [-0.4, -0.2) is 40.1 Å². The van der Waals surface area contributed by atoms with E-state index in [1.165, 1.54) is 0 Å². The lowest BCUT2D eigenvalue weighted by Crippen LogP contribution is -2.45. The molecule has 0 saturated carbocycles. The lowest BCUT2D eigenvalue weighted by Gasteiger charge is -2.28. The summed E-state index contributed by atoms with van der Waals surface area (Å²) < 4.78 is 0. The number of hydrogen-bond donors (Lipinski definition) is 3. The summed E-state index contributed by atoms with van der Waals surface area (Å²) in [6.45, 7) is 9.46. The highest BCUT2D eigenvalue weighted by molar-refractivity contribution is 5.90. The molecule has 3 N–H and O–H groups in total. The molecule has 1 saturated heterocycles. The molecule has 0 aliphatic carbocycles. The van der Waals surface area contributed by atoms with Gasteiger partial charge in [0.05, 0.1) is 5.39 Å². The van der Waals surface area contributed by atoms with E-state index in [1.54, 1.807) is 0 Å². The van der Waals surface area contributed by atoms with E-state index in [4.69, 9.17) is 0 Å². The Morgan fingerprint density at radius 1 is 1.23 bits per heavy atom. The van der Waals surface area contributed by atoms with E-state index >= 15 is 0 Å². The summed E-state index contributed by atoms with van der Waals surface area (Å²) >= 11 is 0. The molecule has 2 aromatic heterocycles. The summed E-state index contributed by atoms with van der Waals surface area (Å²) in [6, 6.07) is 2.37. The van der Waals surface area contributed by atoms with Crippen LogP contribution in [-0.2, 0) is 0 Å². The van der Waals surface area contributed by atoms with Crippen LogP contribution in [0.2, 0.25) is 0 Å². The fourth-order valence-corrected chi connectivity index (χ4v) is 3.15. The molecule has 118 valence electrons. The largest absolute Gasteiger partial charge is 0.372 e. The van der Waals surface area contributed by atoms with E-state index in [2.05, 4.69) is 57.7 Å². The van der Waals surface area contributed by atoms with Crippen LogP contribution in [0.4, 0.5) is 11.8 Å². The number of anilines is 2. The van der Waals surface area contributed by atoms with E-state index in [-0.39, 0.29) is 5.54 Å². The van der Waals surface area contributed by atoms with E-state index in [0.29, 0.717) is 12.0 Å². The van der Waals surface area contributed by atoms with Gasteiger partial charge in [0.2, 0.25) is 5.95 Å². The maximum atomic E-state index is 4.64. The van der Waals surface area contributed by atoms with Crippen LogP contribution in [0.5, 0.6) is 0 Å². The number of fused-ring (bicyclic) bond motifs is 1. The first kappa shape index (κ1) is 15.0. The van der Waals surface area contributed by atoms with E-state index in [9.17, 15) is 0 Å². The fraction of sp³-hybridized carbons (Fsp3) is 0.562. The molecule has 1 aliphatic rings. The first-order valence-electron chi connectivity index (χ1n) is 7.76. The van der Waals surface area contributed by atoms with Crippen molar-refractivity contribution >= 4 is 22.8 Å². The monoisotopic (exact) mass is 300 g/mol. The summed E-state index contributed by atoms with van der Waals surface area (Å²) in [5.41, 5.74) is 2.89. The lowest BCUT2D eigenvalue weighted by atomic mass is 9.97. The van der Waals surface area contributed by atoms with Gasteiger partial charge in [-0.15, -0.1) is 0 Å². The summed E-state index contributed by atoms with van der Waals surface area (Å²) in [4.78, 5) is 13.8. The molecule has 0 aromatic carbocycles. The number of rotatable bonds is 3. The molecule has 0 amide bonds. The minimum absolute atomic E-state index is 0.0358. The van der Waals surface area contributed by atoms with Gasteiger partial charge in [-0.1, -0.05) is 0 Å². The highest BCUT2D eigenvalue weighted by Gasteiger charge is 2.34. The molecule has 1 unspecified atom stereocenters. The highest BCUT2D eigenvalue weighted by atomic mass is 15.2. The summed E-state index contributed by atoms with van der Waals surface area (Å²) in [6.07, 6.45) is 1.06. The van der Waals surface area contributed by atoms with Crippen molar-refractivity contribution in [2.24, 2.45) is 0 Å². The molecular formula is C16H24N6. The van der Waals surface area contributed by atoms with Gasteiger partial charge in [0, 0.05) is 24.3 Å². The van der Waals surface area contributed by atoms with Crippen LogP contribution in [0.1, 0.15) is 31.5 Å². The Balaban J connectivity index is 2.04. The Hall–Kier alpha value is -1.95. The quantitative estimate of drug-likeness (QED) is 0.807. The molecule has 6 nitrogen and oxygen atoms in total. The van der Waals surface area contributed by atoms with Crippen LogP contribution in [0, 0.1) is 13.8 Å². The molecule has 22 heavy (non-hydrogen) atoms. The Kier molecular flexibility index (Phi) is 3.64. The molecule has 1 aliphatic heterocycles. The van der Waals surface area contributed by atoms with Crippen molar-refractivity contribution in [3.63, 3.8) is 0 Å². The van der Waals surface area contributed by atoms with Gasteiger partial charge in [-0.3, -0.25) is 0 Å². The van der Waals surface area contributed by atoms with Crippen LogP contribution in [0.15, 0.2) is 6.07 Å². The molecule has 2 aromatic rings. The Morgan fingerprint density at radius 3 is 2.64 bits per heavy atom. The number of nitrogens with zero attached hydrogens (tertiary/aromatic N) is 3. The van der Waals surface area contributed by atoms with Crippen molar-refractivity contribution in [2.45, 2.75) is 45.7 Å². The second-order valence-corrected chi connectivity index (χ2v) is 6.56. The first-order valence-corrected chi connectivity index (χ1v) is 7.76. The minimum Gasteiger partial charge on any atom is -0.372 e. The molecule has 0 radical (unpaired) electrons. The van der Waals surface area contributed by atoms with Gasteiger partial charge in [0.15, 0.2) is 5.65 Å². The zero-order valence-electron chi connectivity index (χ0n) is 13.9. The molecule has 0 bridgehead atoms. The fourth-order valence-electron chi connectivity index (χ4n) is 3.15. The van der Waals surface area contributed by atoms with Gasteiger partial charge < -0.3 is 16.0 Å². The molecule has 6 heteroatoms. The van der Waals surface area contributed by atoms with Gasteiger partial charge in [0.1, 0.15) is 5.82 Å². The van der Waals surface area contributed by atoms with Gasteiger partial charge in [-0.2, -0.15) is 9.97 Å². The predicted molar refractivity (Wildman–Crippen MR) is 90.5 cm³/mol. The summed E-state index contributed by atoms with van der Waals surface area (Å²) in [7, 11) is 1.88. The average Bonchev–Trinajstić information content (AvgIpc) is 2.76. The van der Waals surface area contributed by atoms with Crippen molar-refractivity contribution < 1.29 is 0 Å². The Bertz CT molecular complexity index is 709. The third-order valence-corrected chi connectivity index (χ3v) is 4.42. The van der Waals surface area contributed by atoms with Gasteiger partial charge in [-0.25, -0.2) is 4.98 Å². The first-order chi connectivity index (χ1) is 10.4. The van der Waals surface area contributed by atoms with Crippen molar-refractivity contribution in [3.8, 4) is 0 Å². The summed E-state index contributed by atoms with van der Waals surface area (Å²) in [5, 5.41) is 11.1. The standard InChI is InChI=1S/C16H24N6/c1-9-8-10(2)19-14-12(9)13(17-5)21-15(22-14)20-11-6-7-18-16(11,3)4/h8,11,18H,6-7H2,1-5H3,(H2,17,19,20,21,22). The van der Waals surface area contributed by atoms with Crippen LogP contribution in [0.25, 0.3) is 11.0 Å². The molecule has 3 rings (SSSR count). The SMILES string of the molecule is CNc1nc(NC2CCNC2(C)C)nc2nc(C)cc(C)c12. The number of hydrogen-bond acceptors (Lipinski definition) is 6. The third kappa shape index (κ3) is 2.59. The van der Waals surface area contributed by atoms with Crippen molar-refractivity contribution in [1.82, 2.24) is 20.3 Å². The topological polar surface area (TPSA) is 74.8 Å². The van der Waals surface area contributed by atoms with E-state index in [0.717, 1.165) is 41.1 Å². The van der Waals surface area contributed by atoms with Crippen LogP contribution >= 0.6 is 0 Å². The van der Waals surface area contributed by atoms with Crippen molar-refractivity contribution in [1.29, 1.82) is 0 Å². The predicted octanol–water partition coefficient (Wildman–Crippen LogP) is 2.24. The highest BCUT2D eigenvalue weighted by Crippen LogP contribution is 2.27. The van der Waals surface area contributed by atoms with Crippen molar-refractivity contribution in [2.75, 3.05) is 24.2 Å². The summed E-state index contributed by atoms with van der Waals surface area (Å²) in [5.74, 6) is 1.46. The van der Waals surface area contributed by atoms with Gasteiger partial charge >= 0.3 is 0 Å². The number of aryl methyl sites for hydroxylation is 2. The number of aromatic nitrogens is 3. The maximum Gasteiger partial charge on any atom is 0.227 e. The number of nitrogens with one attached hydrogen (secondary N) is 3. The zero-order valence-corrected chi connectivity index (χ0v) is 13.9. The van der Waals surface area contributed by atoms with Gasteiger partial charge in [0.25, 0.3) is 0 Å². The molecule has 1 fully saturated rings. The molecule has 3 heterocycles. The molecular weight excluding hydrogens is 276 g/mol. The van der Waals surface area contributed by atoms with E-state index < -0.39 is 0 Å². The van der Waals surface area contributed by atoms with E-state index in [1.807, 2.05) is 14.0 Å². The minimum atomic E-state index is 0.0358. The zero-order chi connectivity index (χ0) is 15.9. The number of pyridine rings is 1. The van der Waals surface area contributed by atoms with Crippen molar-refractivity contribution in [3.05, 3.63) is 17.3 Å². The van der Waals surface area contributed by atoms with Crippen LogP contribution < -0.4 is 16.0 Å². The molecule has 1 atom stereocenters. The Morgan fingerprint density at radius 2 is 2.00 bits per heavy atom. The molecule has 0 spiro atoms. The normalized spacial score (nSPS) is 20.3.